The average molecular weight is 291 g/mol. The fourth-order valence-corrected chi connectivity index (χ4v) is 2.17. The van der Waals surface area contributed by atoms with Gasteiger partial charge in [0.05, 0.1) is 16.9 Å². The fraction of sp³-hybridized carbons (Fsp3) is 0. The van der Waals surface area contributed by atoms with E-state index in [2.05, 4.69) is 20.5 Å². The van der Waals surface area contributed by atoms with Crippen LogP contribution in [0.1, 0.15) is 0 Å². The Labute approximate surface area is 119 Å². The normalized spacial score (nSPS) is 10.6. The number of hydrogen-bond acceptors (Lipinski definition) is 4. The minimum Gasteiger partial charge on any atom is -0.354 e. The maximum Gasteiger partial charge on any atom is 0.131 e. The molecule has 0 saturated carbocycles. The van der Waals surface area contributed by atoms with Gasteiger partial charge in [0.2, 0.25) is 0 Å². The molecular weight excluding hydrogens is 283 g/mol. The molecule has 0 fully saturated rings. The first-order valence-electron chi connectivity index (χ1n) is 5.52. The van der Waals surface area contributed by atoms with Crippen LogP contribution in [0.15, 0.2) is 42.7 Å². The lowest BCUT2D eigenvalue weighted by molar-refractivity contribution is 1.08. The highest BCUT2D eigenvalue weighted by atomic mass is 35.5. The van der Waals surface area contributed by atoms with Crippen LogP contribution in [-0.4, -0.2) is 15.2 Å². The molecule has 3 rings (SSSR count). The van der Waals surface area contributed by atoms with Crippen LogP contribution in [0.2, 0.25) is 10.2 Å². The Bertz CT molecular complexity index is 746. The highest BCUT2D eigenvalue weighted by Gasteiger charge is 2.06. The molecule has 0 unspecified atom stereocenters. The number of rotatable bonds is 2. The number of halogens is 2. The smallest absolute Gasteiger partial charge is 0.131 e. The molecule has 1 N–H and O–H groups in total. The predicted octanol–water partition coefficient (Wildman–Crippen LogP) is 4.08. The molecule has 6 heteroatoms. The Morgan fingerprint density at radius 3 is 2.84 bits per heavy atom. The van der Waals surface area contributed by atoms with Gasteiger partial charge in [-0.1, -0.05) is 35.3 Å². The van der Waals surface area contributed by atoms with E-state index in [-0.39, 0.29) is 0 Å². The van der Waals surface area contributed by atoms with Crippen LogP contribution in [0.3, 0.4) is 0 Å². The van der Waals surface area contributed by atoms with Crippen LogP contribution in [-0.2, 0) is 0 Å². The molecule has 0 amide bonds. The van der Waals surface area contributed by atoms with Crippen molar-refractivity contribution in [1.29, 1.82) is 0 Å². The van der Waals surface area contributed by atoms with E-state index >= 15 is 0 Å². The van der Waals surface area contributed by atoms with Gasteiger partial charge in [0, 0.05) is 17.3 Å². The van der Waals surface area contributed by atoms with Crippen molar-refractivity contribution in [2.24, 2.45) is 0 Å². The van der Waals surface area contributed by atoms with Crippen LogP contribution in [0.4, 0.5) is 11.4 Å². The highest BCUT2D eigenvalue weighted by Crippen LogP contribution is 2.28. The number of nitrogens with one attached hydrogen (secondary N) is 1. The summed E-state index contributed by atoms with van der Waals surface area (Å²) in [5.74, 6) is 0. The third kappa shape index (κ3) is 2.45. The monoisotopic (exact) mass is 290 g/mol. The van der Waals surface area contributed by atoms with Gasteiger partial charge in [-0.25, -0.2) is 4.98 Å². The van der Waals surface area contributed by atoms with Crippen LogP contribution in [0, 0.1) is 0 Å². The van der Waals surface area contributed by atoms with Crippen molar-refractivity contribution in [2.75, 3.05) is 5.32 Å². The van der Waals surface area contributed by atoms with Crippen molar-refractivity contribution in [1.82, 2.24) is 15.2 Å². The van der Waals surface area contributed by atoms with Crippen molar-refractivity contribution >= 4 is 45.5 Å². The first kappa shape index (κ1) is 12.1. The van der Waals surface area contributed by atoms with Crippen LogP contribution in [0.25, 0.3) is 10.9 Å². The summed E-state index contributed by atoms with van der Waals surface area (Å²) in [5.41, 5.74) is 2.30. The van der Waals surface area contributed by atoms with Gasteiger partial charge in [-0.3, -0.25) is 0 Å². The van der Waals surface area contributed by atoms with Gasteiger partial charge < -0.3 is 5.32 Å². The van der Waals surface area contributed by atoms with Gasteiger partial charge in [0.15, 0.2) is 0 Å². The molecule has 4 nitrogen and oxygen atoms in total. The van der Waals surface area contributed by atoms with Gasteiger partial charge in [-0.2, -0.15) is 5.10 Å². The van der Waals surface area contributed by atoms with Crippen molar-refractivity contribution in [3.8, 4) is 0 Å². The largest absolute Gasteiger partial charge is 0.354 e. The molecule has 0 bridgehead atoms. The number of pyridine rings is 1. The van der Waals surface area contributed by atoms with Crippen LogP contribution < -0.4 is 5.32 Å². The summed E-state index contributed by atoms with van der Waals surface area (Å²) in [7, 11) is 0. The minimum absolute atomic E-state index is 0.425. The Hall–Kier alpha value is -1.91. The number of anilines is 2. The lowest BCUT2D eigenvalue weighted by atomic mass is 10.2. The zero-order chi connectivity index (χ0) is 13.2. The number of fused-ring (bicyclic) bond motifs is 1. The van der Waals surface area contributed by atoms with Gasteiger partial charge >= 0.3 is 0 Å². The predicted molar refractivity (Wildman–Crippen MR) is 77.1 cm³/mol. The standard InChI is InChI=1S/C13H8Cl2N4/c14-10-3-1-2-9-11(7-17-19-13(9)10)18-8-4-5-16-12(15)6-8/h1-7H,(H,16,18,19). The first-order chi connectivity index (χ1) is 9.24. The third-order valence-corrected chi connectivity index (χ3v) is 3.14. The molecule has 2 heterocycles. The quantitative estimate of drug-likeness (QED) is 0.723. The van der Waals surface area contributed by atoms with E-state index in [1.807, 2.05) is 18.2 Å². The summed E-state index contributed by atoms with van der Waals surface area (Å²) < 4.78 is 0. The molecule has 0 aliphatic heterocycles. The second-order valence-corrected chi connectivity index (χ2v) is 4.68. The lowest BCUT2D eigenvalue weighted by Crippen LogP contribution is -1.95. The molecule has 0 saturated heterocycles. The van der Waals surface area contributed by atoms with E-state index in [0.717, 1.165) is 16.8 Å². The van der Waals surface area contributed by atoms with Gasteiger partial charge in [0.25, 0.3) is 0 Å². The number of aromatic nitrogens is 3. The van der Waals surface area contributed by atoms with Crippen LogP contribution >= 0.6 is 23.2 Å². The molecule has 0 aliphatic rings. The molecule has 19 heavy (non-hydrogen) atoms. The lowest BCUT2D eigenvalue weighted by Gasteiger charge is -2.09. The zero-order valence-electron chi connectivity index (χ0n) is 9.64. The molecule has 0 spiro atoms. The Morgan fingerprint density at radius 1 is 1.11 bits per heavy atom. The third-order valence-electron chi connectivity index (χ3n) is 2.63. The Kier molecular flexibility index (Phi) is 3.19. The minimum atomic E-state index is 0.425. The maximum atomic E-state index is 6.10. The number of nitrogens with zero attached hydrogens (tertiary/aromatic N) is 3. The first-order valence-corrected chi connectivity index (χ1v) is 6.28. The van der Waals surface area contributed by atoms with Crippen LogP contribution in [0.5, 0.6) is 0 Å². The summed E-state index contributed by atoms with van der Waals surface area (Å²) in [5, 5.41) is 13.1. The average Bonchev–Trinajstić information content (AvgIpc) is 2.40. The summed E-state index contributed by atoms with van der Waals surface area (Å²) in [4.78, 5) is 3.93. The van der Waals surface area contributed by atoms with E-state index < -0.39 is 0 Å². The second-order valence-electron chi connectivity index (χ2n) is 3.89. The van der Waals surface area contributed by atoms with Crippen molar-refractivity contribution in [2.45, 2.75) is 0 Å². The summed E-state index contributed by atoms with van der Waals surface area (Å²) >= 11 is 12.0. The summed E-state index contributed by atoms with van der Waals surface area (Å²) in [6.45, 7) is 0. The van der Waals surface area contributed by atoms with E-state index in [9.17, 15) is 0 Å². The van der Waals surface area contributed by atoms with E-state index in [1.54, 1.807) is 24.5 Å². The Balaban J connectivity index is 2.08. The fourth-order valence-electron chi connectivity index (χ4n) is 1.78. The Morgan fingerprint density at radius 2 is 2.00 bits per heavy atom. The second kappa shape index (κ2) is 4.99. The summed E-state index contributed by atoms with van der Waals surface area (Å²) in [6, 6.07) is 9.14. The molecule has 3 aromatic rings. The van der Waals surface area contributed by atoms with Crippen molar-refractivity contribution < 1.29 is 0 Å². The molecule has 0 radical (unpaired) electrons. The number of hydrogen-bond donors (Lipinski definition) is 1. The molecule has 0 aliphatic carbocycles. The van der Waals surface area contributed by atoms with E-state index in [1.165, 1.54) is 0 Å². The van der Waals surface area contributed by atoms with E-state index in [0.29, 0.717) is 15.7 Å². The molecular formula is C13H8Cl2N4. The topological polar surface area (TPSA) is 50.7 Å². The maximum absolute atomic E-state index is 6.10. The SMILES string of the molecule is Clc1cc(Nc2cnnc3c(Cl)cccc23)ccn1. The molecule has 94 valence electrons. The van der Waals surface area contributed by atoms with Crippen molar-refractivity contribution in [3.63, 3.8) is 0 Å². The number of benzene rings is 1. The van der Waals surface area contributed by atoms with Gasteiger partial charge in [-0.15, -0.1) is 5.10 Å². The zero-order valence-corrected chi connectivity index (χ0v) is 11.2. The van der Waals surface area contributed by atoms with Gasteiger partial charge in [-0.05, 0) is 18.2 Å². The molecule has 0 atom stereocenters. The van der Waals surface area contributed by atoms with Crippen molar-refractivity contribution in [3.05, 3.63) is 52.9 Å². The molecule has 2 aromatic heterocycles. The van der Waals surface area contributed by atoms with E-state index in [4.69, 9.17) is 23.2 Å². The highest BCUT2D eigenvalue weighted by molar-refractivity contribution is 6.35. The summed E-state index contributed by atoms with van der Waals surface area (Å²) in [6.07, 6.45) is 3.28. The van der Waals surface area contributed by atoms with Gasteiger partial charge in [0.1, 0.15) is 10.7 Å². The molecule has 1 aromatic carbocycles.